The third-order valence-corrected chi connectivity index (χ3v) is 6.36. The number of hydrogen-bond acceptors (Lipinski definition) is 4. The van der Waals surface area contributed by atoms with E-state index >= 15 is 0 Å². The summed E-state index contributed by atoms with van der Waals surface area (Å²) in [5, 5.41) is 11.3. The topological polar surface area (TPSA) is 69.4 Å². The van der Waals surface area contributed by atoms with Crippen molar-refractivity contribution in [1.29, 1.82) is 0 Å². The van der Waals surface area contributed by atoms with E-state index in [4.69, 9.17) is 4.74 Å². The van der Waals surface area contributed by atoms with Gasteiger partial charge in [0.1, 0.15) is 0 Å². The Hall–Kier alpha value is -3.47. The number of rotatable bonds is 6. The van der Waals surface area contributed by atoms with Crippen LogP contribution in [0.5, 0.6) is 0 Å². The van der Waals surface area contributed by atoms with E-state index in [2.05, 4.69) is 49.4 Å². The van der Waals surface area contributed by atoms with Gasteiger partial charge in [-0.15, -0.1) is 0 Å². The molecule has 1 saturated heterocycles. The predicted molar refractivity (Wildman–Crippen MR) is 124 cm³/mol. The summed E-state index contributed by atoms with van der Waals surface area (Å²) in [5.74, 6) is -0.413. The Bertz CT molecular complexity index is 1140. The standard InChI is InChI=1S/C27H27NO4/c1-18-9-11-22(15-23(18)12-20-6-4-3-5-7-20)25-16-24(27(29)32-17-25)13-21-10-8-19(2)26(14-21)28(30)31/h3-11,14-15,24-25H,12-13,16-17H2,1-2H3/t24?,25-/m1/s1. The molecule has 0 aromatic heterocycles. The molecule has 1 unspecified atom stereocenters. The van der Waals surface area contributed by atoms with Crippen LogP contribution < -0.4 is 0 Å². The molecule has 0 spiro atoms. The fourth-order valence-electron chi connectivity index (χ4n) is 4.42. The van der Waals surface area contributed by atoms with Crippen molar-refractivity contribution in [2.45, 2.75) is 39.0 Å². The number of nitro benzene ring substituents is 1. The second-order valence-corrected chi connectivity index (χ2v) is 8.69. The van der Waals surface area contributed by atoms with Crippen molar-refractivity contribution in [3.63, 3.8) is 0 Å². The molecule has 164 valence electrons. The average molecular weight is 430 g/mol. The molecule has 2 atom stereocenters. The number of nitrogens with zero attached hydrogens (tertiary/aromatic N) is 1. The van der Waals surface area contributed by atoms with E-state index in [0.717, 1.165) is 12.0 Å². The van der Waals surface area contributed by atoms with Crippen molar-refractivity contribution in [3.8, 4) is 0 Å². The summed E-state index contributed by atoms with van der Waals surface area (Å²) in [7, 11) is 0. The molecule has 0 amide bonds. The number of aryl methyl sites for hydroxylation is 2. The van der Waals surface area contributed by atoms with Crippen LogP contribution in [-0.4, -0.2) is 17.5 Å². The maximum atomic E-state index is 12.5. The van der Waals surface area contributed by atoms with Gasteiger partial charge in [0.05, 0.1) is 17.4 Å². The zero-order valence-electron chi connectivity index (χ0n) is 18.4. The van der Waals surface area contributed by atoms with E-state index in [1.807, 2.05) is 12.1 Å². The molecule has 0 aliphatic carbocycles. The van der Waals surface area contributed by atoms with Gasteiger partial charge in [-0.1, -0.05) is 60.7 Å². The van der Waals surface area contributed by atoms with Gasteiger partial charge in [-0.3, -0.25) is 14.9 Å². The monoisotopic (exact) mass is 429 g/mol. The van der Waals surface area contributed by atoms with E-state index in [0.29, 0.717) is 25.0 Å². The molecule has 0 saturated carbocycles. The Morgan fingerprint density at radius 3 is 2.47 bits per heavy atom. The lowest BCUT2D eigenvalue weighted by molar-refractivity contribution is -0.385. The SMILES string of the molecule is Cc1ccc([C@H]2COC(=O)C(Cc3ccc(C)c([N+](=O)[O-])c3)C2)cc1Cc1ccccc1. The lowest BCUT2D eigenvalue weighted by Crippen LogP contribution is -2.31. The number of hydrogen-bond donors (Lipinski definition) is 0. The molecule has 5 nitrogen and oxygen atoms in total. The van der Waals surface area contributed by atoms with Crippen LogP contribution in [0.2, 0.25) is 0 Å². The molecule has 0 radical (unpaired) electrons. The zero-order valence-corrected chi connectivity index (χ0v) is 18.4. The molecule has 3 aromatic rings. The van der Waals surface area contributed by atoms with Crippen LogP contribution in [0.3, 0.4) is 0 Å². The minimum atomic E-state index is -0.374. The lowest BCUT2D eigenvalue weighted by Gasteiger charge is -2.29. The summed E-state index contributed by atoms with van der Waals surface area (Å²) in [4.78, 5) is 23.4. The summed E-state index contributed by atoms with van der Waals surface area (Å²) in [6, 6.07) is 22.1. The van der Waals surface area contributed by atoms with E-state index in [1.54, 1.807) is 19.1 Å². The summed E-state index contributed by atoms with van der Waals surface area (Å²) in [6.45, 7) is 4.21. The van der Waals surface area contributed by atoms with Gasteiger partial charge in [-0.05, 0) is 60.9 Å². The highest BCUT2D eigenvalue weighted by Gasteiger charge is 2.32. The molecular formula is C27H27NO4. The van der Waals surface area contributed by atoms with Crippen LogP contribution in [0.1, 0.15) is 45.7 Å². The van der Waals surface area contributed by atoms with Crippen LogP contribution in [0.15, 0.2) is 66.7 Å². The van der Waals surface area contributed by atoms with Gasteiger partial charge in [0, 0.05) is 17.5 Å². The maximum absolute atomic E-state index is 12.5. The Kier molecular flexibility index (Phi) is 6.35. The van der Waals surface area contributed by atoms with Gasteiger partial charge in [0.15, 0.2) is 0 Å². The van der Waals surface area contributed by atoms with Gasteiger partial charge in [0.25, 0.3) is 5.69 Å². The van der Waals surface area contributed by atoms with Gasteiger partial charge in [0.2, 0.25) is 0 Å². The normalized spacial score (nSPS) is 18.2. The third kappa shape index (κ3) is 4.88. The van der Waals surface area contributed by atoms with Crippen molar-refractivity contribution < 1.29 is 14.5 Å². The summed E-state index contributed by atoms with van der Waals surface area (Å²) in [5.41, 5.74) is 6.46. The maximum Gasteiger partial charge on any atom is 0.309 e. The lowest BCUT2D eigenvalue weighted by atomic mass is 9.83. The smallest absolute Gasteiger partial charge is 0.309 e. The number of nitro groups is 1. The van der Waals surface area contributed by atoms with E-state index < -0.39 is 0 Å². The molecule has 0 bridgehead atoms. The van der Waals surface area contributed by atoms with Gasteiger partial charge in [-0.2, -0.15) is 0 Å². The first kappa shape index (κ1) is 21.8. The van der Waals surface area contributed by atoms with Crippen LogP contribution in [0, 0.1) is 29.9 Å². The van der Waals surface area contributed by atoms with Crippen molar-refractivity contribution in [1.82, 2.24) is 0 Å². The largest absolute Gasteiger partial charge is 0.465 e. The number of carbonyl (C=O) groups is 1. The molecule has 4 rings (SSSR count). The van der Waals surface area contributed by atoms with Gasteiger partial charge < -0.3 is 4.74 Å². The highest BCUT2D eigenvalue weighted by Crippen LogP contribution is 2.33. The molecule has 5 heteroatoms. The summed E-state index contributed by atoms with van der Waals surface area (Å²) >= 11 is 0. The second kappa shape index (κ2) is 9.35. The third-order valence-electron chi connectivity index (χ3n) is 6.36. The number of ether oxygens (including phenoxy) is 1. The van der Waals surface area contributed by atoms with Crippen LogP contribution in [-0.2, 0) is 22.4 Å². The van der Waals surface area contributed by atoms with Crippen LogP contribution in [0.25, 0.3) is 0 Å². The average Bonchev–Trinajstić information content (AvgIpc) is 2.78. The Morgan fingerprint density at radius 1 is 0.969 bits per heavy atom. The molecule has 1 aliphatic heterocycles. The molecule has 0 N–H and O–H groups in total. The fraction of sp³-hybridized carbons (Fsp3) is 0.296. The number of benzene rings is 3. The first-order valence-corrected chi connectivity index (χ1v) is 10.9. The quantitative estimate of drug-likeness (QED) is 0.287. The zero-order chi connectivity index (χ0) is 22.7. The van der Waals surface area contributed by atoms with Crippen molar-refractivity contribution >= 4 is 11.7 Å². The summed E-state index contributed by atoms with van der Waals surface area (Å²) < 4.78 is 5.55. The minimum Gasteiger partial charge on any atom is -0.465 e. The van der Waals surface area contributed by atoms with Gasteiger partial charge in [-0.25, -0.2) is 0 Å². The molecule has 3 aromatic carbocycles. The highest BCUT2D eigenvalue weighted by atomic mass is 16.6. The first-order valence-electron chi connectivity index (χ1n) is 10.9. The van der Waals surface area contributed by atoms with Crippen molar-refractivity contribution in [3.05, 3.63) is 110 Å². The Labute approximate surface area is 188 Å². The second-order valence-electron chi connectivity index (χ2n) is 8.69. The van der Waals surface area contributed by atoms with E-state index in [9.17, 15) is 14.9 Å². The van der Waals surface area contributed by atoms with Crippen molar-refractivity contribution in [2.24, 2.45) is 5.92 Å². The summed E-state index contributed by atoms with van der Waals surface area (Å²) in [6.07, 6.45) is 1.98. The van der Waals surface area contributed by atoms with E-state index in [1.165, 1.54) is 22.3 Å². The van der Waals surface area contributed by atoms with E-state index in [-0.39, 0.29) is 28.4 Å². The molecule has 32 heavy (non-hydrogen) atoms. The number of carbonyl (C=O) groups excluding carboxylic acids is 1. The molecule has 1 aliphatic rings. The Balaban J connectivity index is 1.52. The Morgan fingerprint density at radius 2 is 1.72 bits per heavy atom. The molecular weight excluding hydrogens is 402 g/mol. The fourth-order valence-corrected chi connectivity index (χ4v) is 4.42. The number of esters is 1. The minimum absolute atomic E-state index is 0.0901. The van der Waals surface area contributed by atoms with Crippen LogP contribution in [0.4, 0.5) is 5.69 Å². The van der Waals surface area contributed by atoms with Gasteiger partial charge >= 0.3 is 5.97 Å². The first-order chi connectivity index (χ1) is 15.4. The predicted octanol–water partition coefficient (Wildman–Crippen LogP) is 5.69. The highest BCUT2D eigenvalue weighted by molar-refractivity contribution is 5.74. The molecule has 1 fully saturated rings. The van der Waals surface area contributed by atoms with Crippen molar-refractivity contribution in [2.75, 3.05) is 6.61 Å². The molecule has 1 heterocycles. The number of cyclic esters (lactones) is 1. The van der Waals surface area contributed by atoms with Crippen LogP contribution >= 0.6 is 0 Å².